The number of hydrogen-bond donors (Lipinski definition) is 2. The molecule has 1 aliphatic rings. The molecule has 1 aromatic rings. The number of benzene rings is 1. The van der Waals surface area contributed by atoms with Crippen LogP contribution in [0.25, 0.3) is 0 Å². The second-order valence-corrected chi connectivity index (χ2v) is 6.24. The van der Waals surface area contributed by atoms with Crippen molar-refractivity contribution in [2.45, 2.75) is 43.8 Å². The Labute approximate surface area is 143 Å². The van der Waals surface area contributed by atoms with Gasteiger partial charge in [-0.15, -0.1) is 0 Å². The Balaban J connectivity index is 2.12. The molecule has 1 aliphatic heterocycles. The van der Waals surface area contributed by atoms with E-state index in [4.69, 9.17) is 4.74 Å². The van der Waals surface area contributed by atoms with Crippen molar-refractivity contribution in [3.05, 3.63) is 35.4 Å². The highest BCUT2D eigenvalue weighted by atomic mass is 19.4. The van der Waals surface area contributed by atoms with Gasteiger partial charge in [0.1, 0.15) is 5.54 Å². The summed E-state index contributed by atoms with van der Waals surface area (Å²) in [4.78, 5) is 23.8. The van der Waals surface area contributed by atoms with E-state index in [1.165, 1.54) is 25.1 Å². The number of carboxylic acids is 1. The Hall–Kier alpha value is -2.09. The molecule has 0 bridgehead atoms. The minimum atomic E-state index is -4.51. The Morgan fingerprint density at radius 2 is 1.88 bits per heavy atom. The largest absolute Gasteiger partial charge is 0.480 e. The van der Waals surface area contributed by atoms with E-state index in [-0.39, 0.29) is 38.0 Å². The summed E-state index contributed by atoms with van der Waals surface area (Å²) >= 11 is 0. The van der Waals surface area contributed by atoms with E-state index in [1.807, 2.05) is 0 Å². The second kappa shape index (κ2) is 7.43. The van der Waals surface area contributed by atoms with Gasteiger partial charge >= 0.3 is 12.1 Å². The molecule has 2 rings (SSSR count). The highest BCUT2D eigenvalue weighted by Gasteiger charge is 2.42. The van der Waals surface area contributed by atoms with Crippen LogP contribution in [0.2, 0.25) is 0 Å². The van der Waals surface area contributed by atoms with Gasteiger partial charge in [0.05, 0.1) is 5.56 Å². The van der Waals surface area contributed by atoms with Gasteiger partial charge in [0.25, 0.3) is 0 Å². The molecule has 8 heteroatoms. The first-order valence-corrected chi connectivity index (χ1v) is 7.94. The lowest BCUT2D eigenvalue weighted by Crippen LogP contribution is -2.57. The maximum absolute atomic E-state index is 13.1. The van der Waals surface area contributed by atoms with Gasteiger partial charge in [-0.05, 0) is 17.5 Å². The highest BCUT2D eigenvalue weighted by molar-refractivity contribution is 5.87. The summed E-state index contributed by atoms with van der Waals surface area (Å²) in [5.41, 5.74) is -2.19. The number of hydrogen-bond acceptors (Lipinski definition) is 3. The van der Waals surface area contributed by atoms with Crippen LogP contribution in [-0.4, -0.2) is 35.7 Å². The summed E-state index contributed by atoms with van der Waals surface area (Å²) in [6.45, 7) is 1.93. The van der Waals surface area contributed by atoms with Crippen LogP contribution in [0, 0.1) is 0 Å². The summed E-state index contributed by atoms with van der Waals surface area (Å²) in [6.07, 6.45) is -4.49. The lowest BCUT2D eigenvalue weighted by atomic mass is 9.88. The number of nitrogens with one attached hydrogen (secondary N) is 1. The van der Waals surface area contributed by atoms with E-state index < -0.39 is 35.1 Å². The van der Waals surface area contributed by atoms with Gasteiger partial charge in [-0.2, -0.15) is 13.2 Å². The molecule has 0 saturated carbocycles. The second-order valence-electron chi connectivity index (χ2n) is 6.24. The number of amides is 1. The predicted octanol–water partition coefficient (Wildman–Crippen LogP) is 2.95. The summed E-state index contributed by atoms with van der Waals surface area (Å²) in [5, 5.41) is 11.9. The Kier molecular flexibility index (Phi) is 5.72. The van der Waals surface area contributed by atoms with Gasteiger partial charge in [-0.1, -0.05) is 25.1 Å². The van der Waals surface area contributed by atoms with Crippen LogP contribution in [0.1, 0.15) is 43.2 Å². The molecule has 0 aromatic heterocycles. The summed E-state index contributed by atoms with van der Waals surface area (Å²) in [5.74, 6) is -2.45. The van der Waals surface area contributed by atoms with E-state index in [0.717, 1.165) is 6.07 Å². The molecule has 1 amide bonds. The number of carbonyl (C=O) groups excluding carboxylic acids is 1. The van der Waals surface area contributed by atoms with Gasteiger partial charge in [-0.25, -0.2) is 4.79 Å². The molecule has 1 aromatic carbocycles. The summed E-state index contributed by atoms with van der Waals surface area (Å²) < 4.78 is 44.4. The Morgan fingerprint density at radius 1 is 1.28 bits per heavy atom. The fourth-order valence-electron chi connectivity index (χ4n) is 3.00. The summed E-state index contributed by atoms with van der Waals surface area (Å²) in [7, 11) is 0. The molecular formula is C17H20F3NO4. The SMILES string of the molecule is CC(CC(=O)NC1(C(=O)O)CCOCC1)c1ccccc1C(F)(F)F. The van der Waals surface area contributed by atoms with E-state index >= 15 is 0 Å². The number of carboxylic acid groups (broad SMARTS) is 1. The van der Waals surface area contributed by atoms with Crippen molar-refractivity contribution in [3.8, 4) is 0 Å². The number of ether oxygens (including phenoxy) is 1. The average molecular weight is 359 g/mol. The van der Waals surface area contributed by atoms with E-state index in [1.54, 1.807) is 0 Å². The van der Waals surface area contributed by atoms with Gasteiger partial charge < -0.3 is 15.2 Å². The number of alkyl halides is 3. The topological polar surface area (TPSA) is 75.6 Å². The fourth-order valence-corrected chi connectivity index (χ4v) is 3.00. The van der Waals surface area contributed by atoms with E-state index in [0.29, 0.717) is 0 Å². The molecule has 0 radical (unpaired) electrons. The lowest BCUT2D eigenvalue weighted by Gasteiger charge is -2.34. The van der Waals surface area contributed by atoms with Crippen LogP contribution >= 0.6 is 0 Å². The minimum Gasteiger partial charge on any atom is -0.480 e. The number of carbonyl (C=O) groups is 2. The molecule has 1 unspecified atom stereocenters. The predicted molar refractivity (Wildman–Crippen MR) is 83.0 cm³/mol. The molecule has 5 nitrogen and oxygen atoms in total. The standard InChI is InChI=1S/C17H20F3NO4/c1-11(12-4-2-3-5-13(12)17(18,19)20)10-14(22)21-16(15(23)24)6-8-25-9-7-16/h2-5,11H,6-10H2,1H3,(H,21,22)(H,23,24). The molecule has 1 saturated heterocycles. The first-order valence-electron chi connectivity index (χ1n) is 7.94. The molecule has 0 aliphatic carbocycles. The smallest absolute Gasteiger partial charge is 0.416 e. The third kappa shape index (κ3) is 4.50. The summed E-state index contributed by atoms with van der Waals surface area (Å²) in [6, 6.07) is 5.08. The average Bonchev–Trinajstić information content (AvgIpc) is 2.54. The Bertz CT molecular complexity index is 639. The van der Waals surface area contributed by atoms with Crippen LogP contribution < -0.4 is 5.32 Å². The number of halogens is 3. The van der Waals surface area contributed by atoms with Crippen LogP contribution in [0.3, 0.4) is 0 Å². The molecule has 1 atom stereocenters. The zero-order valence-corrected chi connectivity index (χ0v) is 13.7. The van der Waals surface area contributed by atoms with E-state index in [2.05, 4.69) is 5.32 Å². The van der Waals surface area contributed by atoms with Crippen LogP contribution in [0.5, 0.6) is 0 Å². The first kappa shape index (κ1) is 19.2. The molecule has 2 N–H and O–H groups in total. The zero-order valence-electron chi connectivity index (χ0n) is 13.7. The quantitative estimate of drug-likeness (QED) is 0.848. The Morgan fingerprint density at radius 3 is 2.44 bits per heavy atom. The molecular weight excluding hydrogens is 339 g/mol. The molecule has 138 valence electrons. The van der Waals surface area contributed by atoms with Crippen molar-refractivity contribution in [1.82, 2.24) is 5.32 Å². The van der Waals surface area contributed by atoms with Crippen molar-refractivity contribution >= 4 is 11.9 Å². The van der Waals surface area contributed by atoms with Gasteiger partial charge in [0.2, 0.25) is 5.91 Å². The van der Waals surface area contributed by atoms with Gasteiger partial charge in [0.15, 0.2) is 0 Å². The first-order chi connectivity index (χ1) is 11.7. The maximum Gasteiger partial charge on any atom is 0.416 e. The van der Waals surface area contributed by atoms with E-state index in [9.17, 15) is 27.9 Å². The normalized spacial score (nSPS) is 18.4. The van der Waals surface area contributed by atoms with Crippen molar-refractivity contribution in [3.63, 3.8) is 0 Å². The number of aliphatic carboxylic acids is 1. The molecule has 0 spiro atoms. The zero-order chi connectivity index (χ0) is 18.7. The van der Waals surface area contributed by atoms with Crippen molar-refractivity contribution in [2.75, 3.05) is 13.2 Å². The van der Waals surface area contributed by atoms with Crippen LogP contribution in [0.4, 0.5) is 13.2 Å². The van der Waals surface area contributed by atoms with Crippen molar-refractivity contribution < 1.29 is 32.6 Å². The third-order valence-corrected chi connectivity index (χ3v) is 4.42. The number of rotatable bonds is 5. The van der Waals surface area contributed by atoms with Crippen LogP contribution in [-0.2, 0) is 20.5 Å². The maximum atomic E-state index is 13.1. The lowest BCUT2D eigenvalue weighted by molar-refractivity contribution is -0.152. The van der Waals surface area contributed by atoms with Crippen LogP contribution in [0.15, 0.2) is 24.3 Å². The molecule has 25 heavy (non-hydrogen) atoms. The van der Waals surface area contributed by atoms with Gasteiger partial charge in [0, 0.05) is 32.5 Å². The van der Waals surface area contributed by atoms with Gasteiger partial charge in [-0.3, -0.25) is 4.79 Å². The fraction of sp³-hybridized carbons (Fsp3) is 0.529. The third-order valence-electron chi connectivity index (χ3n) is 4.42. The van der Waals surface area contributed by atoms with Crippen molar-refractivity contribution in [2.24, 2.45) is 0 Å². The van der Waals surface area contributed by atoms with Crippen molar-refractivity contribution in [1.29, 1.82) is 0 Å². The monoisotopic (exact) mass is 359 g/mol. The minimum absolute atomic E-state index is 0.0153. The molecule has 1 heterocycles. The highest BCUT2D eigenvalue weighted by Crippen LogP contribution is 2.36. The molecule has 1 fully saturated rings.